The molecule has 2 aliphatic rings. The molecule has 208 valence electrons. The number of ketones is 1. The molecule has 2 heterocycles. The zero-order valence-corrected chi connectivity index (χ0v) is 22.8. The molecule has 3 aromatic carbocycles. The molecule has 0 aliphatic carbocycles. The van der Waals surface area contributed by atoms with E-state index >= 15 is 0 Å². The maximum Gasteiger partial charge on any atom is 0.295 e. The van der Waals surface area contributed by atoms with E-state index in [1.54, 1.807) is 23.1 Å². The second-order valence-electron chi connectivity index (χ2n) is 9.72. The van der Waals surface area contributed by atoms with E-state index in [0.29, 0.717) is 60.3 Å². The molecule has 0 saturated carbocycles. The minimum absolute atomic E-state index is 0.0429. The van der Waals surface area contributed by atoms with Gasteiger partial charge in [0.15, 0.2) is 11.5 Å². The summed E-state index contributed by atoms with van der Waals surface area (Å²) in [6, 6.07) is 20.9. The van der Waals surface area contributed by atoms with Gasteiger partial charge in [-0.05, 0) is 74.1 Å². The molecule has 0 bridgehead atoms. The number of benzene rings is 3. The Bertz CT molecular complexity index is 1400. The number of aliphatic hydroxyl groups is 1. The summed E-state index contributed by atoms with van der Waals surface area (Å²) < 4.78 is 17.3. The Hall–Kier alpha value is -4.30. The summed E-state index contributed by atoms with van der Waals surface area (Å²) in [5, 5.41) is 11.5. The fourth-order valence-corrected chi connectivity index (χ4v) is 5.18. The van der Waals surface area contributed by atoms with Crippen molar-refractivity contribution in [2.24, 2.45) is 0 Å². The van der Waals surface area contributed by atoms with Gasteiger partial charge in [-0.25, -0.2) is 0 Å². The molecule has 2 aliphatic heterocycles. The monoisotopic (exact) mass is 542 g/mol. The van der Waals surface area contributed by atoms with Crippen LogP contribution in [0.25, 0.3) is 5.76 Å². The predicted octanol–water partition coefficient (Wildman–Crippen LogP) is 5.40. The van der Waals surface area contributed by atoms with Gasteiger partial charge in [0.1, 0.15) is 30.5 Å². The minimum Gasteiger partial charge on any atom is -0.507 e. The lowest BCUT2D eigenvalue weighted by molar-refractivity contribution is -0.140. The van der Waals surface area contributed by atoms with Gasteiger partial charge in [-0.1, -0.05) is 44.2 Å². The molecular formula is C32H34N2O6. The Morgan fingerprint density at radius 2 is 1.65 bits per heavy atom. The number of para-hydroxylation sites is 1. The van der Waals surface area contributed by atoms with Crippen molar-refractivity contribution in [1.82, 2.24) is 9.80 Å². The summed E-state index contributed by atoms with van der Waals surface area (Å²) in [4.78, 5) is 30.7. The number of aliphatic hydroxyl groups excluding tert-OH is 1. The highest BCUT2D eigenvalue weighted by Gasteiger charge is 2.46. The third-order valence-electron chi connectivity index (χ3n) is 7.28. The number of carbonyl (C=O) groups is 2. The van der Waals surface area contributed by atoms with Crippen molar-refractivity contribution in [3.8, 4) is 23.0 Å². The SMILES string of the molecule is CCN(CC)CCCN1C(=O)C(=O)/C(=C(/O)c2ccc3c(c2)OCCO3)C1c1cccc(Oc2ccccc2)c1. The molecule has 3 aromatic rings. The van der Waals surface area contributed by atoms with Gasteiger partial charge in [-0.15, -0.1) is 0 Å². The van der Waals surface area contributed by atoms with Crippen molar-refractivity contribution < 1.29 is 28.9 Å². The van der Waals surface area contributed by atoms with Gasteiger partial charge in [0, 0.05) is 12.1 Å². The minimum atomic E-state index is -0.774. The number of amides is 1. The number of Topliss-reactive ketones (excluding diaryl/α,β-unsaturated/α-hetero) is 1. The van der Waals surface area contributed by atoms with Gasteiger partial charge in [0.25, 0.3) is 11.7 Å². The van der Waals surface area contributed by atoms with Crippen LogP contribution >= 0.6 is 0 Å². The lowest BCUT2D eigenvalue weighted by Gasteiger charge is -2.27. The first-order chi connectivity index (χ1) is 19.5. The van der Waals surface area contributed by atoms with Crippen LogP contribution in [0.1, 0.15) is 37.4 Å². The Kier molecular flexibility index (Phi) is 8.36. The quantitative estimate of drug-likeness (QED) is 0.208. The highest BCUT2D eigenvalue weighted by atomic mass is 16.6. The Balaban J connectivity index is 1.54. The number of carbonyl (C=O) groups excluding carboxylic acids is 2. The molecule has 1 atom stereocenters. The normalized spacial score (nSPS) is 17.9. The van der Waals surface area contributed by atoms with Gasteiger partial charge in [-0.2, -0.15) is 0 Å². The van der Waals surface area contributed by atoms with Crippen LogP contribution < -0.4 is 14.2 Å². The van der Waals surface area contributed by atoms with Gasteiger partial charge in [0.2, 0.25) is 0 Å². The molecule has 1 fully saturated rings. The topological polar surface area (TPSA) is 88.5 Å². The number of rotatable bonds is 10. The lowest BCUT2D eigenvalue weighted by Crippen LogP contribution is -2.33. The van der Waals surface area contributed by atoms with E-state index in [9.17, 15) is 14.7 Å². The van der Waals surface area contributed by atoms with Crippen LogP contribution in [0.3, 0.4) is 0 Å². The molecule has 5 rings (SSSR count). The van der Waals surface area contributed by atoms with E-state index in [0.717, 1.165) is 19.6 Å². The molecule has 40 heavy (non-hydrogen) atoms. The van der Waals surface area contributed by atoms with E-state index in [2.05, 4.69) is 18.7 Å². The maximum absolute atomic E-state index is 13.5. The largest absolute Gasteiger partial charge is 0.507 e. The van der Waals surface area contributed by atoms with E-state index in [1.165, 1.54) is 0 Å². The molecular weight excluding hydrogens is 508 g/mol. The van der Waals surface area contributed by atoms with Gasteiger partial charge in [-0.3, -0.25) is 9.59 Å². The summed E-state index contributed by atoms with van der Waals surface area (Å²) in [6.07, 6.45) is 0.690. The van der Waals surface area contributed by atoms with Crippen LogP contribution in [-0.2, 0) is 9.59 Å². The van der Waals surface area contributed by atoms with Crippen LogP contribution in [-0.4, -0.2) is 66.0 Å². The van der Waals surface area contributed by atoms with Crippen molar-refractivity contribution in [3.05, 3.63) is 89.5 Å². The van der Waals surface area contributed by atoms with Crippen molar-refractivity contribution >= 4 is 17.4 Å². The average Bonchev–Trinajstić information content (AvgIpc) is 3.24. The summed E-state index contributed by atoms with van der Waals surface area (Å²) in [7, 11) is 0. The first-order valence-electron chi connectivity index (χ1n) is 13.7. The smallest absolute Gasteiger partial charge is 0.295 e. The molecule has 1 N–H and O–H groups in total. The van der Waals surface area contributed by atoms with Crippen molar-refractivity contribution in [3.63, 3.8) is 0 Å². The fraction of sp³-hybridized carbons (Fsp3) is 0.312. The number of nitrogens with zero attached hydrogens (tertiary/aromatic N) is 2. The van der Waals surface area contributed by atoms with Crippen LogP contribution in [0.4, 0.5) is 0 Å². The summed E-state index contributed by atoms with van der Waals surface area (Å²) in [6.45, 7) is 8.00. The number of hydrogen-bond acceptors (Lipinski definition) is 7. The van der Waals surface area contributed by atoms with Crippen LogP contribution in [0.2, 0.25) is 0 Å². The van der Waals surface area contributed by atoms with E-state index in [-0.39, 0.29) is 11.3 Å². The van der Waals surface area contributed by atoms with Gasteiger partial charge >= 0.3 is 0 Å². The van der Waals surface area contributed by atoms with Gasteiger partial charge in [0.05, 0.1) is 11.6 Å². The fourth-order valence-electron chi connectivity index (χ4n) is 5.18. The third-order valence-corrected chi connectivity index (χ3v) is 7.28. The Morgan fingerprint density at radius 3 is 2.40 bits per heavy atom. The second kappa shape index (κ2) is 12.3. The number of ether oxygens (including phenoxy) is 3. The number of hydrogen-bond donors (Lipinski definition) is 1. The summed E-state index contributed by atoms with van der Waals surface area (Å²) in [5.74, 6) is 0.704. The van der Waals surface area contributed by atoms with Gasteiger partial charge < -0.3 is 29.1 Å². The maximum atomic E-state index is 13.5. The van der Waals surface area contributed by atoms with E-state index in [4.69, 9.17) is 14.2 Å². The van der Waals surface area contributed by atoms with Crippen molar-refractivity contribution in [1.29, 1.82) is 0 Å². The number of fused-ring (bicyclic) bond motifs is 1. The Morgan fingerprint density at radius 1 is 0.925 bits per heavy atom. The summed E-state index contributed by atoms with van der Waals surface area (Å²) >= 11 is 0. The average molecular weight is 543 g/mol. The van der Waals surface area contributed by atoms with Crippen LogP contribution in [0.15, 0.2) is 78.4 Å². The first kappa shape index (κ1) is 27.3. The van der Waals surface area contributed by atoms with Crippen molar-refractivity contribution in [2.75, 3.05) is 39.4 Å². The molecule has 0 radical (unpaired) electrons. The predicted molar refractivity (Wildman–Crippen MR) is 152 cm³/mol. The zero-order chi connectivity index (χ0) is 28.1. The molecule has 8 nitrogen and oxygen atoms in total. The third kappa shape index (κ3) is 5.67. The Labute approximate surface area is 234 Å². The second-order valence-corrected chi connectivity index (χ2v) is 9.72. The number of likely N-dealkylation sites (tertiary alicyclic amines) is 1. The molecule has 1 saturated heterocycles. The first-order valence-corrected chi connectivity index (χ1v) is 13.7. The van der Waals surface area contributed by atoms with Crippen molar-refractivity contribution in [2.45, 2.75) is 26.3 Å². The van der Waals surface area contributed by atoms with E-state index in [1.807, 2.05) is 54.6 Å². The van der Waals surface area contributed by atoms with Crippen LogP contribution in [0, 0.1) is 0 Å². The van der Waals surface area contributed by atoms with E-state index < -0.39 is 17.7 Å². The molecule has 0 aromatic heterocycles. The summed E-state index contributed by atoms with van der Waals surface area (Å²) in [5.41, 5.74) is 1.10. The van der Waals surface area contributed by atoms with Crippen LogP contribution in [0.5, 0.6) is 23.0 Å². The zero-order valence-electron chi connectivity index (χ0n) is 22.8. The highest BCUT2D eigenvalue weighted by Crippen LogP contribution is 2.42. The highest BCUT2D eigenvalue weighted by molar-refractivity contribution is 6.46. The molecule has 1 amide bonds. The molecule has 8 heteroatoms. The molecule has 1 unspecified atom stereocenters. The lowest BCUT2D eigenvalue weighted by atomic mass is 9.95. The molecule has 0 spiro atoms. The standard InChI is InChI=1S/C32H34N2O6/c1-3-33(4-2)16-9-17-34-29(22-10-8-13-25(20-22)40-24-11-6-5-7-12-24)28(31(36)32(34)37)30(35)23-14-15-26-27(21-23)39-19-18-38-26/h5-8,10-15,20-21,29,35H,3-4,9,16-19H2,1-2H3/b30-28+.